The Morgan fingerprint density at radius 1 is 0.710 bits per heavy atom. The Morgan fingerprint density at radius 2 is 1.23 bits per heavy atom. The lowest BCUT2D eigenvalue weighted by Crippen LogP contribution is -2.09. The highest BCUT2D eigenvalue weighted by Crippen LogP contribution is 2.34. The van der Waals surface area contributed by atoms with E-state index in [4.69, 9.17) is 6.57 Å². The summed E-state index contributed by atoms with van der Waals surface area (Å²) in [6, 6.07) is 37.3. The second kappa shape index (κ2) is 9.61. The molecule has 0 N–H and O–H groups in total. The molecule has 0 amide bonds. The van der Waals surface area contributed by atoms with Gasteiger partial charge in [0.15, 0.2) is 5.70 Å². The molecule has 31 heavy (non-hydrogen) atoms. The van der Waals surface area contributed by atoms with Gasteiger partial charge in [-0.1, -0.05) is 79.7 Å². The van der Waals surface area contributed by atoms with Crippen molar-refractivity contribution < 1.29 is 0 Å². The largest absolute Gasteiger partial charge is 0.311 e. The van der Waals surface area contributed by atoms with Gasteiger partial charge in [-0.05, 0) is 65.6 Å². The van der Waals surface area contributed by atoms with Crippen molar-refractivity contribution in [1.82, 2.24) is 0 Å². The zero-order valence-electron chi connectivity index (χ0n) is 17.6. The van der Waals surface area contributed by atoms with Crippen LogP contribution in [0.3, 0.4) is 0 Å². The monoisotopic (exact) mass is 400 g/mol. The first-order chi connectivity index (χ1) is 15.3. The summed E-state index contributed by atoms with van der Waals surface area (Å²) in [5.41, 5.74) is 7.18. The van der Waals surface area contributed by atoms with E-state index in [1.807, 2.05) is 54.6 Å². The summed E-state index contributed by atoms with van der Waals surface area (Å²) in [6.07, 6.45) is 2.95. The minimum Gasteiger partial charge on any atom is -0.311 e. The maximum Gasteiger partial charge on any atom is 0.194 e. The normalized spacial score (nSPS) is 11.0. The van der Waals surface area contributed by atoms with Crippen molar-refractivity contribution in [2.45, 2.75) is 13.3 Å². The van der Waals surface area contributed by atoms with Gasteiger partial charge in [0.2, 0.25) is 0 Å². The fourth-order valence-electron chi connectivity index (χ4n) is 3.57. The average Bonchev–Trinajstić information content (AvgIpc) is 2.85. The molecule has 4 rings (SSSR count). The van der Waals surface area contributed by atoms with E-state index in [9.17, 15) is 0 Å². The molecule has 2 heteroatoms. The van der Waals surface area contributed by atoms with Crippen LogP contribution in [-0.4, -0.2) is 0 Å². The third-order valence-corrected chi connectivity index (χ3v) is 5.26. The zero-order chi connectivity index (χ0) is 21.5. The number of nitrogens with zero attached hydrogens (tertiary/aromatic N) is 2. The van der Waals surface area contributed by atoms with E-state index in [2.05, 4.69) is 77.3 Å². The number of para-hydroxylation sites is 2. The fourth-order valence-corrected chi connectivity index (χ4v) is 3.57. The summed E-state index contributed by atoms with van der Waals surface area (Å²) < 4.78 is 0. The average molecular weight is 401 g/mol. The Morgan fingerprint density at radius 3 is 1.71 bits per heavy atom. The highest BCUT2D eigenvalue weighted by molar-refractivity contribution is 5.86. The van der Waals surface area contributed by atoms with Gasteiger partial charge in [-0.25, -0.2) is 4.85 Å². The summed E-state index contributed by atoms with van der Waals surface area (Å²) >= 11 is 0. The van der Waals surface area contributed by atoms with Crippen LogP contribution in [-0.2, 0) is 6.42 Å². The van der Waals surface area contributed by atoms with Crippen molar-refractivity contribution >= 4 is 28.8 Å². The van der Waals surface area contributed by atoms with Gasteiger partial charge in [-0.2, -0.15) is 0 Å². The molecule has 2 nitrogen and oxygen atoms in total. The highest BCUT2D eigenvalue weighted by Gasteiger charge is 2.11. The van der Waals surface area contributed by atoms with Gasteiger partial charge in [0.05, 0.1) is 6.57 Å². The van der Waals surface area contributed by atoms with E-state index in [0.29, 0.717) is 5.70 Å². The lowest BCUT2D eigenvalue weighted by Gasteiger charge is -2.25. The first-order valence-electron chi connectivity index (χ1n) is 10.5. The molecule has 0 saturated heterocycles. The molecule has 0 aliphatic rings. The van der Waals surface area contributed by atoms with E-state index >= 15 is 0 Å². The van der Waals surface area contributed by atoms with Crippen LogP contribution in [0.5, 0.6) is 0 Å². The van der Waals surface area contributed by atoms with Crippen LogP contribution in [0.1, 0.15) is 23.6 Å². The van der Waals surface area contributed by atoms with Crippen LogP contribution in [0.2, 0.25) is 0 Å². The van der Waals surface area contributed by atoms with Crippen molar-refractivity contribution in [3.8, 4) is 0 Å². The molecule has 0 aliphatic heterocycles. The molecule has 0 spiro atoms. The van der Waals surface area contributed by atoms with Crippen LogP contribution in [0, 0.1) is 6.57 Å². The van der Waals surface area contributed by atoms with E-state index < -0.39 is 0 Å². The number of rotatable bonds is 6. The van der Waals surface area contributed by atoms with Crippen molar-refractivity contribution in [1.29, 1.82) is 0 Å². The predicted molar refractivity (Wildman–Crippen MR) is 131 cm³/mol. The molecule has 0 aliphatic carbocycles. The minimum absolute atomic E-state index is 0.651. The van der Waals surface area contributed by atoms with Crippen molar-refractivity contribution in [3.63, 3.8) is 0 Å². The summed E-state index contributed by atoms with van der Waals surface area (Å²) in [5, 5.41) is 0. The van der Waals surface area contributed by atoms with Gasteiger partial charge in [0.25, 0.3) is 0 Å². The van der Waals surface area contributed by atoms with Crippen LogP contribution in [0.15, 0.2) is 109 Å². The second-order valence-electron chi connectivity index (χ2n) is 7.29. The van der Waals surface area contributed by atoms with E-state index in [-0.39, 0.29) is 0 Å². The molecule has 0 unspecified atom stereocenters. The first kappa shape index (κ1) is 20.2. The Bertz CT molecular complexity index is 1140. The third kappa shape index (κ3) is 4.74. The highest BCUT2D eigenvalue weighted by atomic mass is 15.1. The van der Waals surface area contributed by atoms with Crippen molar-refractivity contribution in [2.24, 2.45) is 0 Å². The molecule has 0 radical (unpaired) electrons. The summed E-state index contributed by atoms with van der Waals surface area (Å²) in [7, 11) is 0. The predicted octanol–water partition coefficient (Wildman–Crippen LogP) is 8.14. The van der Waals surface area contributed by atoms with Crippen LogP contribution in [0.4, 0.5) is 17.1 Å². The Balaban J connectivity index is 1.67. The fraction of sp³-hybridized carbons (Fsp3) is 0.0690. The van der Waals surface area contributed by atoms with Crippen LogP contribution >= 0.6 is 0 Å². The molecular weight excluding hydrogens is 376 g/mol. The molecule has 0 saturated carbocycles. The van der Waals surface area contributed by atoms with Gasteiger partial charge in [-0.3, -0.25) is 0 Å². The number of anilines is 3. The zero-order valence-corrected chi connectivity index (χ0v) is 17.6. The lowest BCUT2D eigenvalue weighted by atomic mass is 10.1. The maximum atomic E-state index is 7.63. The number of hydrogen-bond acceptors (Lipinski definition) is 1. The molecule has 0 bridgehead atoms. The molecule has 0 aromatic heterocycles. The van der Waals surface area contributed by atoms with E-state index in [0.717, 1.165) is 34.6 Å². The Kier molecular flexibility index (Phi) is 6.26. The molecule has 0 heterocycles. The standard InChI is InChI=1S/C29H24N2/c1-3-23-14-18-25(19-15-23)29(30-2)22-24-16-20-28(21-17-24)31(26-10-6-4-7-11-26)27-12-8-5-9-13-27/h4-22H,3H2,1H3/b29-22-. The van der Waals surface area contributed by atoms with Crippen LogP contribution in [0.25, 0.3) is 16.6 Å². The minimum atomic E-state index is 0.651. The Labute approximate surface area is 184 Å². The van der Waals surface area contributed by atoms with Gasteiger partial charge < -0.3 is 4.90 Å². The molecule has 4 aromatic carbocycles. The van der Waals surface area contributed by atoms with Gasteiger partial charge in [0.1, 0.15) is 0 Å². The van der Waals surface area contributed by atoms with Crippen molar-refractivity contribution in [3.05, 3.63) is 137 Å². The van der Waals surface area contributed by atoms with Gasteiger partial charge in [0, 0.05) is 17.1 Å². The van der Waals surface area contributed by atoms with E-state index in [1.165, 1.54) is 5.56 Å². The first-order valence-corrected chi connectivity index (χ1v) is 10.5. The summed E-state index contributed by atoms with van der Waals surface area (Å²) in [5.74, 6) is 0. The van der Waals surface area contributed by atoms with E-state index in [1.54, 1.807) is 0 Å². The number of benzene rings is 4. The lowest BCUT2D eigenvalue weighted by molar-refractivity contribution is 1.14. The smallest absolute Gasteiger partial charge is 0.194 e. The SMILES string of the molecule is [C-]#[N+]/C(=C\c1ccc(N(c2ccccc2)c2ccccc2)cc1)c1ccc(CC)cc1. The number of hydrogen-bond donors (Lipinski definition) is 0. The third-order valence-electron chi connectivity index (χ3n) is 5.26. The van der Waals surface area contributed by atoms with Crippen molar-refractivity contribution in [2.75, 3.05) is 4.90 Å². The Hall–Kier alpha value is -4.09. The molecule has 150 valence electrons. The molecule has 4 aromatic rings. The maximum absolute atomic E-state index is 7.63. The topological polar surface area (TPSA) is 7.60 Å². The summed E-state index contributed by atoms with van der Waals surface area (Å²) in [6.45, 7) is 9.76. The number of aryl methyl sites for hydroxylation is 1. The quantitative estimate of drug-likeness (QED) is 0.234. The molecular formula is C29H24N2. The summed E-state index contributed by atoms with van der Waals surface area (Å²) in [4.78, 5) is 5.99. The van der Waals surface area contributed by atoms with Gasteiger partial charge >= 0.3 is 0 Å². The molecule has 0 atom stereocenters. The van der Waals surface area contributed by atoms with Gasteiger partial charge in [-0.15, -0.1) is 0 Å². The van der Waals surface area contributed by atoms with Crippen LogP contribution < -0.4 is 4.90 Å². The second-order valence-corrected chi connectivity index (χ2v) is 7.29. The molecule has 0 fully saturated rings.